The predicted octanol–water partition coefficient (Wildman–Crippen LogP) is 5.09. The highest BCUT2D eigenvalue weighted by molar-refractivity contribution is 7.92. The van der Waals surface area contributed by atoms with Gasteiger partial charge in [-0.1, -0.05) is 49.7 Å². The molecular formula is C24H25FN2O3S. The van der Waals surface area contributed by atoms with Gasteiger partial charge in [-0.2, -0.15) is 0 Å². The van der Waals surface area contributed by atoms with E-state index in [1.54, 1.807) is 30.3 Å². The lowest BCUT2D eigenvalue weighted by Crippen LogP contribution is -2.38. The summed E-state index contributed by atoms with van der Waals surface area (Å²) in [5.74, 6) is -0.823. The quantitative estimate of drug-likeness (QED) is 0.556. The Morgan fingerprint density at radius 1 is 0.968 bits per heavy atom. The molecular weight excluding hydrogens is 415 g/mol. The van der Waals surface area contributed by atoms with Crippen molar-refractivity contribution in [2.45, 2.75) is 31.6 Å². The predicted molar refractivity (Wildman–Crippen MR) is 121 cm³/mol. The average molecular weight is 441 g/mol. The molecule has 0 aromatic heterocycles. The van der Waals surface area contributed by atoms with E-state index in [1.807, 2.05) is 39.0 Å². The van der Waals surface area contributed by atoms with Crippen LogP contribution in [0.1, 0.15) is 30.9 Å². The van der Waals surface area contributed by atoms with Crippen LogP contribution in [0.2, 0.25) is 0 Å². The van der Waals surface area contributed by atoms with Crippen molar-refractivity contribution in [2.24, 2.45) is 0 Å². The van der Waals surface area contributed by atoms with Gasteiger partial charge < -0.3 is 5.32 Å². The van der Waals surface area contributed by atoms with Crippen LogP contribution < -0.4 is 9.62 Å². The van der Waals surface area contributed by atoms with Crippen LogP contribution >= 0.6 is 0 Å². The number of hydrogen-bond donors (Lipinski definition) is 1. The van der Waals surface area contributed by atoms with E-state index in [0.29, 0.717) is 11.4 Å². The number of carbonyl (C=O) groups is 1. The van der Waals surface area contributed by atoms with Crippen molar-refractivity contribution >= 4 is 27.3 Å². The lowest BCUT2D eigenvalue weighted by molar-refractivity contribution is -0.114. The number of sulfonamides is 1. The highest BCUT2D eigenvalue weighted by Crippen LogP contribution is 2.26. The van der Waals surface area contributed by atoms with Crippen LogP contribution in [-0.4, -0.2) is 20.9 Å². The monoisotopic (exact) mass is 440 g/mol. The Hall–Kier alpha value is -3.19. The Kier molecular flexibility index (Phi) is 6.75. The normalized spacial score (nSPS) is 11.4. The number of halogens is 1. The molecule has 3 aromatic carbocycles. The van der Waals surface area contributed by atoms with Gasteiger partial charge in [0.15, 0.2) is 0 Å². The molecule has 0 saturated heterocycles. The SMILES string of the molecule is Cc1ccc(N(CC(=O)Nc2ccccc2C(C)C)S(=O)(=O)c2ccc(F)cc2)cc1. The van der Waals surface area contributed by atoms with Crippen molar-refractivity contribution in [1.29, 1.82) is 0 Å². The maximum Gasteiger partial charge on any atom is 0.264 e. The molecule has 0 unspecified atom stereocenters. The Morgan fingerprint density at radius 2 is 1.58 bits per heavy atom. The molecule has 0 aliphatic carbocycles. The first-order chi connectivity index (χ1) is 14.7. The van der Waals surface area contributed by atoms with E-state index in [9.17, 15) is 17.6 Å². The molecule has 31 heavy (non-hydrogen) atoms. The van der Waals surface area contributed by atoms with E-state index < -0.39 is 28.3 Å². The molecule has 1 amide bonds. The molecule has 162 valence electrons. The number of carbonyl (C=O) groups excluding carboxylic acids is 1. The van der Waals surface area contributed by atoms with Gasteiger partial charge in [-0.25, -0.2) is 12.8 Å². The minimum absolute atomic E-state index is 0.0927. The van der Waals surface area contributed by atoms with E-state index in [0.717, 1.165) is 27.6 Å². The molecule has 0 atom stereocenters. The Labute approximate surface area is 182 Å². The number of benzene rings is 3. The number of anilines is 2. The third-order valence-electron chi connectivity index (χ3n) is 4.87. The molecule has 0 radical (unpaired) electrons. The van der Waals surface area contributed by atoms with Crippen molar-refractivity contribution in [3.63, 3.8) is 0 Å². The van der Waals surface area contributed by atoms with Crippen molar-refractivity contribution in [3.05, 3.63) is 89.7 Å². The molecule has 0 saturated carbocycles. The van der Waals surface area contributed by atoms with Crippen LogP contribution in [0.4, 0.5) is 15.8 Å². The van der Waals surface area contributed by atoms with Crippen LogP contribution in [0.3, 0.4) is 0 Å². The standard InChI is InChI=1S/C24H25FN2O3S/c1-17(2)22-6-4-5-7-23(22)26-24(28)16-27(20-12-8-18(3)9-13-20)31(29,30)21-14-10-19(25)11-15-21/h4-15,17H,16H2,1-3H3,(H,26,28). The number of rotatable bonds is 7. The first kappa shape index (κ1) is 22.5. The van der Waals surface area contributed by atoms with Gasteiger partial charge in [-0.05, 0) is 60.9 Å². The third-order valence-corrected chi connectivity index (χ3v) is 6.66. The van der Waals surface area contributed by atoms with Gasteiger partial charge in [-0.3, -0.25) is 9.10 Å². The zero-order valence-corrected chi connectivity index (χ0v) is 18.5. The fraction of sp³-hybridized carbons (Fsp3) is 0.208. The van der Waals surface area contributed by atoms with Gasteiger partial charge in [0.1, 0.15) is 12.4 Å². The lowest BCUT2D eigenvalue weighted by Gasteiger charge is -2.24. The van der Waals surface area contributed by atoms with Crippen molar-refractivity contribution in [1.82, 2.24) is 0 Å². The average Bonchev–Trinajstić information content (AvgIpc) is 2.73. The van der Waals surface area contributed by atoms with Gasteiger partial charge >= 0.3 is 0 Å². The van der Waals surface area contributed by atoms with Gasteiger partial charge in [-0.15, -0.1) is 0 Å². The molecule has 7 heteroatoms. The highest BCUT2D eigenvalue weighted by Gasteiger charge is 2.27. The molecule has 0 heterocycles. The number of nitrogens with zero attached hydrogens (tertiary/aromatic N) is 1. The summed E-state index contributed by atoms with van der Waals surface area (Å²) in [5, 5.41) is 2.83. The smallest absolute Gasteiger partial charge is 0.264 e. The molecule has 0 bridgehead atoms. The summed E-state index contributed by atoms with van der Waals surface area (Å²) in [6.45, 7) is 5.50. The van der Waals surface area contributed by atoms with Crippen LogP contribution in [-0.2, 0) is 14.8 Å². The summed E-state index contributed by atoms with van der Waals surface area (Å²) in [5.41, 5.74) is 2.91. The minimum Gasteiger partial charge on any atom is -0.324 e. The van der Waals surface area contributed by atoms with Crippen molar-refractivity contribution in [3.8, 4) is 0 Å². The second-order valence-corrected chi connectivity index (χ2v) is 9.45. The van der Waals surface area contributed by atoms with Gasteiger partial charge in [0.05, 0.1) is 10.6 Å². The summed E-state index contributed by atoms with van der Waals surface area (Å²) in [4.78, 5) is 12.8. The first-order valence-electron chi connectivity index (χ1n) is 9.92. The number of hydrogen-bond acceptors (Lipinski definition) is 3. The number of nitrogens with one attached hydrogen (secondary N) is 1. The summed E-state index contributed by atoms with van der Waals surface area (Å²) in [6.07, 6.45) is 0. The van der Waals surface area contributed by atoms with Crippen LogP contribution in [0.25, 0.3) is 0 Å². The molecule has 0 fully saturated rings. The summed E-state index contributed by atoms with van der Waals surface area (Å²) in [6, 6.07) is 18.8. The van der Waals surface area contributed by atoms with E-state index in [1.165, 1.54) is 12.1 Å². The van der Waals surface area contributed by atoms with Gasteiger partial charge in [0.25, 0.3) is 10.0 Å². The first-order valence-corrected chi connectivity index (χ1v) is 11.4. The number of para-hydroxylation sites is 1. The maximum absolute atomic E-state index is 13.3. The molecule has 1 N–H and O–H groups in total. The zero-order valence-electron chi connectivity index (χ0n) is 17.7. The minimum atomic E-state index is -4.09. The Balaban J connectivity index is 1.95. The summed E-state index contributed by atoms with van der Waals surface area (Å²) < 4.78 is 41.0. The fourth-order valence-electron chi connectivity index (χ4n) is 3.19. The number of aryl methyl sites for hydroxylation is 1. The van der Waals surface area contributed by atoms with E-state index in [4.69, 9.17) is 0 Å². The van der Waals surface area contributed by atoms with E-state index >= 15 is 0 Å². The van der Waals surface area contributed by atoms with Gasteiger partial charge in [0.2, 0.25) is 5.91 Å². The number of amides is 1. The van der Waals surface area contributed by atoms with Crippen molar-refractivity contribution in [2.75, 3.05) is 16.2 Å². The zero-order chi connectivity index (χ0) is 22.6. The molecule has 3 aromatic rings. The van der Waals surface area contributed by atoms with Crippen LogP contribution in [0.15, 0.2) is 77.7 Å². The van der Waals surface area contributed by atoms with E-state index in [2.05, 4.69) is 5.32 Å². The lowest BCUT2D eigenvalue weighted by atomic mass is 10.0. The molecule has 0 spiro atoms. The summed E-state index contributed by atoms with van der Waals surface area (Å²) >= 11 is 0. The largest absolute Gasteiger partial charge is 0.324 e. The summed E-state index contributed by atoms with van der Waals surface area (Å²) in [7, 11) is -4.09. The highest BCUT2D eigenvalue weighted by atomic mass is 32.2. The molecule has 0 aliphatic heterocycles. The maximum atomic E-state index is 13.3. The molecule has 3 rings (SSSR count). The van der Waals surface area contributed by atoms with Gasteiger partial charge in [0, 0.05) is 5.69 Å². The van der Waals surface area contributed by atoms with E-state index in [-0.39, 0.29) is 10.8 Å². The topological polar surface area (TPSA) is 66.5 Å². The van der Waals surface area contributed by atoms with Crippen LogP contribution in [0, 0.1) is 12.7 Å². The Morgan fingerprint density at radius 3 is 2.19 bits per heavy atom. The molecule has 5 nitrogen and oxygen atoms in total. The third kappa shape index (κ3) is 5.30. The second kappa shape index (κ2) is 9.31. The molecule has 0 aliphatic rings. The Bertz CT molecular complexity index is 1160. The fourth-order valence-corrected chi connectivity index (χ4v) is 4.62. The second-order valence-electron chi connectivity index (χ2n) is 7.59. The van der Waals surface area contributed by atoms with Crippen LogP contribution in [0.5, 0.6) is 0 Å². The van der Waals surface area contributed by atoms with Crippen molar-refractivity contribution < 1.29 is 17.6 Å².